The van der Waals surface area contributed by atoms with Gasteiger partial charge >= 0.3 is 5.69 Å². The first-order valence-electron chi connectivity index (χ1n) is 3.69. The van der Waals surface area contributed by atoms with E-state index in [1.54, 1.807) is 6.92 Å². The fourth-order valence-electron chi connectivity index (χ4n) is 0.920. The monoisotopic (exact) mass is 183 g/mol. The lowest BCUT2D eigenvalue weighted by molar-refractivity contribution is 0.0998. The second-order valence-corrected chi connectivity index (χ2v) is 2.45. The molecule has 0 aliphatic heterocycles. The molecule has 0 saturated heterocycles. The van der Waals surface area contributed by atoms with E-state index in [0.29, 0.717) is 6.54 Å². The fourth-order valence-corrected chi connectivity index (χ4v) is 0.920. The van der Waals surface area contributed by atoms with E-state index in [4.69, 9.17) is 5.73 Å². The summed E-state index contributed by atoms with van der Waals surface area (Å²) in [5.74, 6) is -0.844. The van der Waals surface area contributed by atoms with Crippen LogP contribution in [0.25, 0.3) is 0 Å². The molecular weight excluding hydrogens is 174 g/mol. The third-order valence-electron chi connectivity index (χ3n) is 1.62. The van der Waals surface area contributed by atoms with E-state index >= 15 is 0 Å². The van der Waals surface area contributed by atoms with Crippen molar-refractivity contribution in [3.8, 4) is 0 Å². The highest BCUT2D eigenvalue weighted by molar-refractivity contribution is 5.91. The lowest BCUT2D eigenvalue weighted by Gasteiger charge is -2.00. The first kappa shape index (κ1) is 9.24. The van der Waals surface area contributed by atoms with Crippen molar-refractivity contribution in [1.82, 2.24) is 9.55 Å². The SMILES string of the molecule is CCn1cc(C(N)=O)c(=O)[nH]c1=O. The second kappa shape index (κ2) is 3.26. The van der Waals surface area contributed by atoms with E-state index in [1.165, 1.54) is 4.57 Å². The van der Waals surface area contributed by atoms with Crippen molar-refractivity contribution >= 4 is 5.91 Å². The van der Waals surface area contributed by atoms with Crippen LogP contribution in [0.4, 0.5) is 0 Å². The van der Waals surface area contributed by atoms with Crippen LogP contribution >= 0.6 is 0 Å². The number of H-pyrrole nitrogens is 1. The molecule has 0 bridgehead atoms. The summed E-state index contributed by atoms with van der Waals surface area (Å²) in [5.41, 5.74) is 3.42. The Morgan fingerprint density at radius 2 is 2.23 bits per heavy atom. The Morgan fingerprint density at radius 3 is 2.69 bits per heavy atom. The Bertz CT molecular complexity index is 443. The first-order chi connectivity index (χ1) is 6.06. The maximum Gasteiger partial charge on any atom is 0.328 e. The van der Waals surface area contributed by atoms with Gasteiger partial charge in [-0.1, -0.05) is 0 Å². The number of aromatic nitrogens is 2. The molecule has 0 atom stereocenters. The van der Waals surface area contributed by atoms with Crippen molar-refractivity contribution in [3.63, 3.8) is 0 Å². The number of rotatable bonds is 2. The third kappa shape index (κ3) is 1.66. The van der Waals surface area contributed by atoms with Crippen LogP contribution in [0.1, 0.15) is 17.3 Å². The Labute approximate surface area is 73.0 Å². The van der Waals surface area contributed by atoms with Gasteiger partial charge in [-0.25, -0.2) is 4.79 Å². The van der Waals surface area contributed by atoms with Crippen LogP contribution in [0.3, 0.4) is 0 Å². The summed E-state index contributed by atoms with van der Waals surface area (Å²) in [6.45, 7) is 2.08. The molecule has 6 heteroatoms. The predicted molar refractivity (Wildman–Crippen MR) is 45.5 cm³/mol. The summed E-state index contributed by atoms with van der Waals surface area (Å²) in [6.07, 6.45) is 1.16. The lowest BCUT2D eigenvalue weighted by Crippen LogP contribution is -2.34. The standard InChI is InChI=1S/C7H9N3O3/c1-2-10-3-4(5(8)11)6(12)9-7(10)13/h3H,2H2,1H3,(H2,8,11)(H,9,12,13). The van der Waals surface area contributed by atoms with Gasteiger partial charge in [0.15, 0.2) is 0 Å². The van der Waals surface area contributed by atoms with Gasteiger partial charge in [0.1, 0.15) is 5.56 Å². The maximum absolute atomic E-state index is 11.0. The Hall–Kier alpha value is -1.85. The van der Waals surface area contributed by atoms with Crippen LogP contribution in [0.15, 0.2) is 15.8 Å². The molecule has 0 saturated carbocycles. The highest BCUT2D eigenvalue weighted by Crippen LogP contribution is 1.85. The molecule has 0 radical (unpaired) electrons. The van der Waals surface area contributed by atoms with Crippen molar-refractivity contribution in [2.45, 2.75) is 13.5 Å². The molecule has 13 heavy (non-hydrogen) atoms. The van der Waals surface area contributed by atoms with Gasteiger partial charge in [0, 0.05) is 12.7 Å². The van der Waals surface area contributed by atoms with E-state index in [0.717, 1.165) is 6.20 Å². The van der Waals surface area contributed by atoms with Gasteiger partial charge < -0.3 is 10.3 Å². The van der Waals surface area contributed by atoms with Gasteiger partial charge in [0.05, 0.1) is 0 Å². The number of amides is 1. The van der Waals surface area contributed by atoms with Crippen molar-refractivity contribution in [1.29, 1.82) is 0 Å². The van der Waals surface area contributed by atoms with E-state index in [-0.39, 0.29) is 5.56 Å². The van der Waals surface area contributed by atoms with Gasteiger partial charge in [-0.3, -0.25) is 14.6 Å². The molecular formula is C7H9N3O3. The number of nitrogens with zero attached hydrogens (tertiary/aromatic N) is 1. The van der Waals surface area contributed by atoms with Crippen LogP contribution in [0.5, 0.6) is 0 Å². The molecule has 1 rings (SSSR count). The summed E-state index contributed by atoms with van der Waals surface area (Å²) in [6, 6.07) is 0. The normalized spacial score (nSPS) is 9.92. The first-order valence-corrected chi connectivity index (χ1v) is 3.69. The number of nitrogens with two attached hydrogens (primary N) is 1. The van der Waals surface area contributed by atoms with E-state index < -0.39 is 17.2 Å². The molecule has 3 N–H and O–H groups in total. The molecule has 0 aliphatic rings. The second-order valence-electron chi connectivity index (χ2n) is 2.45. The number of carbonyl (C=O) groups is 1. The number of hydrogen-bond acceptors (Lipinski definition) is 3. The van der Waals surface area contributed by atoms with Gasteiger partial charge in [0.2, 0.25) is 0 Å². The summed E-state index contributed by atoms with van der Waals surface area (Å²) in [7, 11) is 0. The fraction of sp³-hybridized carbons (Fsp3) is 0.286. The molecule has 0 fully saturated rings. The molecule has 6 nitrogen and oxygen atoms in total. The number of primary amides is 1. The molecule has 1 aromatic rings. The van der Waals surface area contributed by atoms with Crippen molar-refractivity contribution in [2.75, 3.05) is 0 Å². The van der Waals surface area contributed by atoms with Gasteiger partial charge in [0.25, 0.3) is 11.5 Å². The average Bonchev–Trinajstić information content (AvgIpc) is 2.03. The third-order valence-corrected chi connectivity index (χ3v) is 1.62. The highest BCUT2D eigenvalue weighted by atomic mass is 16.2. The number of aromatic amines is 1. The Balaban J connectivity index is 3.48. The number of nitrogens with one attached hydrogen (secondary N) is 1. The average molecular weight is 183 g/mol. The quantitative estimate of drug-likeness (QED) is 0.593. The highest BCUT2D eigenvalue weighted by Gasteiger charge is 2.08. The van der Waals surface area contributed by atoms with Gasteiger partial charge in [-0.2, -0.15) is 0 Å². The van der Waals surface area contributed by atoms with Crippen molar-refractivity contribution in [2.24, 2.45) is 5.73 Å². The Morgan fingerprint density at radius 1 is 1.62 bits per heavy atom. The largest absolute Gasteiger partial charge is 0.365 e. The summed E-state index contributed by atoms with van der Waals surface area (Å²) >= 11 is 0. The summed E-state index contributed by atoms with van der Waals surface area (Å²) < 4.78 is 1.20. The zero-order valence-corrected chi connectivity index (χ0v) is 7.03. The van der Waals surface area contributed by atoms with Gasteiger partial charge in [-0.05, 0) is 6.92 Å². The molecule has 1 heterocycles. The zero-order valence-electron chi connectivity index (χ0n) is 7.03. The number of aryl methyl sites for hydroxylation is 1. The lowest BCUT2D eigenvalue weighted by atomic mass is 10.3. The number of carbonyl (C=O) groups excluding carboxylic acids is 1. The minimum absolute atomic E-state index is 0.207. The molecule has 1 aromatic heterocycles. The molecule has 0 aromatic carbocycles. The Kier molecular flexibility index (Phi) is 2.32. The van der Waals surface area contributed by atoms with E-state index in [2.05, 4.69) is 0 Å². The smallest absolute Gasteiger partial charge is 0.328 e. The maximum atomic E-state index is 11.0. The predicted octanol–water partition coefficient (Wildman–Crippen LogP) is -1.34. The number of hydrogen-bond donors (Lipinski definition) is 2. The minimum Gasteiger partial charge on any atom is -0.365 e. The van der Waals surface area contributed by atoms with Crippen LogP contribution in [0, 0.1) is 0 Å². The van der Waals surface area contributed by atoms with Crippen molar-refractivity contribution in [3.05, 3.63) is 32.6 Å². The molecule has 0 aliphatic carbocycles. The molecule has 1 amide bonds. The molecule has 70 valence electrons. The zero-order chi connectivity index (χ0) is 10.0. The van der Waals surface area contributed by atoms with Crippen LogP contribution in [-0.2, 0) is 6.54 Å². The van der Waals surface area contributed by atoms with Crippen LogP contribution < -0.4 is 17.0 Å². The van der Waals surface area contributed by atoms with Gasteiger partial charge in [-0.15, -0.1) is 0 Å². The van der Waals surface area contributed by atoms with Crippen molar-refractivity contribution < 1.29 is 4.79 Å². The van der Waals surface area contributed by atoms with E-state index in [9.17, 15) is 14.4 Å². The van der Waals surface area contributed by atoms with Crippen LogP contribution in [-0.4, -0.2) is 15.5 Å². The minimum atomic E-state index is -0.844. The van der Waals surface area contributed by atoms with Crippen LogP contribution in [0.2, 0.25) is 0 Å². The summed E-state index contributed by atoms with van der Waals surface area (Å²) in [5, 5.41) is 0. The topological polar surface area (TPSA) is 97.9 Å². The molecule has 0 spiro atoms. The molecule has 0 unspecified atom stereocenters. The summed E-state index contributed by atoms with van der Waals surface area (Å²) in [4.78, 5) is 34.7. The van der Waals surface area contributed by atoms with E-state index in [1.807, 2.05) is 4.98 Å².